The van der Waals surface area contributed by atoms with E-state index in [9.17, 15) is 9.59 Å². The zero-order valence-corrected chi connectivity index (χ0v) is 60.7. The van der Waals surface area contributed by atoms with Gasteiger partial charge in [-0.2, -0.15) is 0 Å². The highest BCUT2D eigenvalue weighted by atomic mass is 16.3. The zero-order valence-electron chi connectivity index (χ0n) is 60.7. The number of carbonyl (C=O) groups excluding carboxylic acids is 2. The van der Waals surface area contributed by atoms with Crippen LogP contribution in [0, 0.1) is 0 Å². The molecule has 0 amide bonds. The van der Waals surface area contributed by atoms with Crippen molar-refractivity contribution in [1.82, 2.24) is 0 Å². The summed E-state index contributed by atoms with van der Waals surface area (Å²) in [6.45, 7) is 16.4. The van der Waals surface area contributed by atoms with Crippen molar-refractivity contribution in [2.24, 2.45) is 0 Å². The molecule has 0 aromatic heterocycles. The number of unbranched alkanes of at least 4 members (excludes halogenated alkanes) is 47. The Morgan fingerprint density at radius 2 is 0.523 bits per heavy atom. The number of carbonyl (C=O) groups is 2. The van der Waals surface area contributed by atoms with E-state index in [-0.39, 0.29) is 6.61 Å². The molecule has 0 radical (unpaired) electrons. The van der Waals surface area contributed by atoms with Gasteiger partial charge in [0.05, 0.1) is 0 Å². The number of allylic oxidation sites excluding steroid dienone is 15. The first-order valence-electron chi connectivity index (χ1n) is 38.9. The van der Waals surface area contributed by atoms with E-state index in [2.05, 4.69) is 127 Å². The summed E-state index contributed by atoms with van der Waals surface area (Å²) in [6.07, 6.45) is 109. The molecule has 4 heteroatoms. The third kappa shape index (κ3) is 108. The molecule has 2 N–H and O–H groups in total. The van der Waals surface area contributed by atoms with Crippen LogP contribution < -0.4 is 0 Å². The fraction of sp³-hybridized carbons (Fsp3) is 0.786. The van der Waals surface area contributed by atoms with Gasteiger partial charge in [-0.1, -0.05) is 378 Å². The molecule has 0 rings (SSSR count). The van der Waals surface area contributed by atoms with Gasteiger partial charge in [-0.05, 0) is 127 Å². The van der Waals surface area contributed by atoms with Gasteiger partial charge in [0, 0.05) is 19.6 Å². The van der Waals surface area contributed by atoms with E-state index < -0.39 is 0 Å². The second kappa shape index (κ2) is 100. The van der Waals surface area contributed by atoms with Gasteiger partial charge in [0.1, 0.15) is 12.6 Å². The minimum atomic E-state index is 0.285. The highest BCUT2D eigenvalue weighted by Gasteiger charge is 1.96. The number of rotatable bonds is 64. The average molecular weight is 1230 g/mol. The highest BCUT2D eigenvalue weighted by molar-refractivity contribution is 5.64. The maximum atomic E-state index is 10.1. The molecule has 0 atom stereocenters. The third-order valence-electron chi connectivity index (χ3n) is 15.8. The summed E-state index contributed by atoms with van der Waals surface area (Å²) in [5.74, 6) is 0. The molecule has 0 saturated heterocycles. The van der Waals surface area contributed by atoms with Crippen molar-refractivity contribution in [2.75, 3.05) is 13.2 Å². The standard InChI is InChI=1S/C30H56.C16H28O.C14H28O.C12H24O.C12H22O/c1-4-7-10-12-14-16-17-18-19-21-23-26-29-30(27-24-9-6-3)28-25-22-20-15-13-11-8-5-2;1-2-3-4-5-6-7-8-9-10-11-12-13-14-15-16-17;1-2-3-4-5-6-7-8-9-10-11-12-13-14-15;2*1-2-3-4-5-6-7-8-9-10-11-12-13/h24,26-29H,4-23,25H2,1-3H3;4-7,16H,2-3,8-15H2,1H3;3-4,15H,2,5-14H2,1H3;9-10,13H,2-8,11-12H2,1H3;10-12H,2-9H2,1H3. The molecule has 0 spiro atoms. The number of aliphatic hydroxyl groups excluding tert-OH is 2. The van der Waals surface area contributed by atoms with Gasteiger partial charge in [-0.3, -0.25) is 4.79 Å². The van der Waals surface area contributed by atoms with Crippen LogP contribution in [0.15, 0.2) is 96.7 Å². The monoisotopic (exact) mass is 1230 g/mol. The molecule has 0 aliphatic carbocycles. The molecule has 0 aromatic carbocycles. The summed E-state index contributed by atoms with van der Waals surface area (Å²) < 4.78 is 0. The van der Waals surface area contributed by atoms with Crippen LogP contribution in [0.5, 0.6) is 0 Å². The summed E-state index contributed by atoms with van der Waals surface area (Å²) in [5, 5.41) is 17.1. The first-order valence-corrected chi connectivity index (χ1v) is 38.9. The van der Waals surface area contributed by atoms with Crippen LogP contribution in [-0.2, 0) is 9.59 Å². The lowest BCUT2D eigenvalue weighted by atomic mass is 10.0. The van der Waals surface area contributed by atoms with Crippen LogP contribution in [0.3, 0.4) is 0 Å². The molecule has 4 nitrogen and oxygen atoms in total. The summed E-state index contributed by atoms with van der Waals surface area (Å²) in [7, 11) is 0. The molecule has 88 heavy (non-hydrogen) atoms. The normalized spacial score (nSPS) is 11.7. The van der Waals surface area contributed by atoms with Gasteiger partial charge in [-0.25, -0.2) is 0 Å². The van der Waals surface area contributed by atoms with E-state index in [1.807, 2.05) is 6.08 Å². The second-order valence-corrected chi connectivity index (χ2v) is 24.9. The Morgan fingerprint density at radius 3 is 0.875 bits per heavy atom. The smallest absolute Gasteiger partial charge is 0.142 e. The van der Waals surface area contributed by atoms with Crippen molar-refractivity contribution in [3.8, 4) is 0 Å². The summed E-state index contributed by atoms with van der Waals surface area (Å²) in [6, 6.07) is 0. The Bertz CT molecular complexity index is 1440. The molecule has 0 fully saturated rings. The summed E-state index contributed by atoms with van der Waals surface area (Å²) in [5.41, 5.74) is 1.43. The van der Waals surface area contributed by atoms with Crippen molar-refractivity contribution in [3.05, 3.63) is 96.7 Å². The molecular weight excluding hydrogens is 1070 g/mol. The van der Waals surface area contributed by atoms with Crippen LogP contribution in [0.4, 0.5) is 0 Å². The number of aldehydes is 2. The zero-order chi connectivity index (χ0) is 65.3. The summed E-state index contributed by atoms with van der Waals surface area (Å²) >= 11 is 0. The first kappa shape index (κ1) is 93.9. The predicted octanol–water partition coefficient (Wildman–Crippen LogP) is 28.5. The number of aliphatic hydroxyl groups is 2. The Labute approximate surface area is 553 Å². The molecular formula is C84H158O4. The molecule has 0 bridgehead atoms. The van der Waals surface area contributed by atoms with E-state index in [4.69, 9.17) is 10.2 Å². The third-order valence-corrected chi connectivity index (χ3v) is 15.8. The van der Waals surface area contributed by atoms with Gasteiger partial charge < -0.3 is 15.0 Å². The van der Waals surface area contributed by atoms with E-state index in [1.54, 1.807) is 6.08 Å². The fourth-order valence-corrected chi connectivity index (χ4v) is 10.1. The molecule has 0 heterocycles. The molecule has 0 aliphatic heterocycles. The number of hydrogen-bond donors (Lipinski definition) is 2. The van der Waals surface area contributed by atoms with Gasteiger partial charge >= 0.3 is 0 Å². The summed E-state index contributed by atoms with van der Waals surface area (Å²) in [4.78, 5) is 20.0. The van der Waals surface area contributed by atoms with E-state index in [1.165, 1.54) is 339 Å². The topological polar surface area (TPSA) is 74.6 Å². The fourth-order valence-electron chi connectivity index (χ4n) is 10.1. The van der Waals surface area contributed by atoms with Gasteiger partial charge in [0.2, 0.25) is 0 Å². The molecule has 0 aromatic rings. The maximum Gasteiger partial charge on any atom is 0.142 e. The van der Waals surface area contributed by atoms with Crippen molar-refractivity contribution in [2.45, 2.75) is 414 Å². The predicted molar refractivity (Wildman–Crippen MR) is 401 cm³/mol. The Kier molecular flexibility index (Phi) is 107. The molecule has 0 saturated carbocycles. The minimum absolute atomic E-state index is 0.285. The maximum absolute atomic E-state index is 10.1. The van der Waals surface area contributed by atoms with Gasteiger partial charge in [-0.15, -0.1) is 0 Å². The lowest BCUT2D eigenvalue weighted by Gasteiger charge is -2.02. The van der Waals surface area contributed by atoms with E-state index >= 15 is 0 Å². The Balaban J connectivity index is -0.000000342. The van der Waals surface area contributed by atoms with Crippen LogP contribution in [0.25, 0.3) is 0 Å². The van der Waals surface area contributed by atoms with E-state index in [0.717, 1.165) is 44.7 Å². The second-order valence-electron chi connectivity index (χ2n) is 24.9. The molecule has 0 unspecified atom stereocenters. The van der Waals surface area contributed by atoms with Crippen molar-refractivity contribution in [3.63, 3.8) is 0 Å². The quantitative estimate of drug-likeness (QED) is 0.0209. The van der Waals surface area contributed by atoms with Crippen molar-refractivity contribution >= 4 is 12.6 Å². The Morgan fingerprint density at radius 1 is 0.239 bits per heavy atom. The average Bonchev–Trinajstić information content (AvgIpc) is 3.54. The van der Waals surface area contributed by atoms with Crippen LogP contribution in [-0.4, -0.2) is 36.0 Å². The van der Waals surface area contributed by atoms with Crippen molar-refractivity contribution in [1.29, 1.82) is 0 Å². The van der Waals surface area contributed by atoms with Crippen LogP contribution >= 0.6 is 0 Å². The largest absolute Gasteiger partial charge is 0.396 e. The van der Waals surface area contributed by atoms with Crippen molar-refractivity contribution < 1.29 is 19.8 Å². The molecule has 0 aliphatic rings. The minimum Gasteiger partial charge on any atom is -0.396 e. The Hall–Kier alpha value is -2.82. The van der Waals surface area contributed by atoms with Crippen LogP contribution in [0.1, 0.15) is 414 Å². The SMILES string of the molecule is CCC=CCCCCCCCCCCO.CCCC=CC(C=CCCCCCCCCCCCC)=CCCCCCCCCC.CCCC=CC=CCCCCCCCCC=O.CCCCCCCCC=CCCO.CCCCCCCCCC=CC=O. The van der Waals surface area contributed by atoms with E-state index in [0.29, 0.717) is 6.61 Å². The lowest BCUT2D eigenvalue weighted by Crippen LogP contribution is -1.84. The molecule has 518 valence electrons. The van der Waals surface area contributed by atoms with Gasteiger partial charge in [0.15, 0.2) is 0 Å². The first-order chi connectivity index (χ1) is 43.5. The van der Waals surface area contributed by atoms with Gasteiger partial charge in [0.25, 0.3) is 0 Å². The lowest BCUT2D eigenvalue weighted by molar-refractivity contribution is -0.108. The number of hydrogen-bond acceptors (Lipinski definition) is 4. The highest BCUT2D eigenvalue weighted by Crippen LogP contribution is 2.16. The van der Waals surface area contributed by atoms with Crippen LogP contribution in [0.2, 0.25) is 0 Å².